The number of carbonyl (C=O) groups excluding carboxylic acids is 1. The van der Waals surface area contributed by atoms with Gasteiger partial charge < -0.3 is 14.7 Å². The zero-order valence-corrected chi connectivity index (χ0v) is 11.6. The molecule has 0 atom stereocenters. The zero-order chi connectivity index (χ0) is 15.0. The molecule has 0 fully saturated rings. The fourth-order valence-corrected chi connectivity index (χ4v) is 2.41. The van der Waals surface area contributed by atoms with Gasteiger partial charge in [-0.05, 0) is 36.4 Å². The number of ketones is 1. The first-order valence-corrected chi connectivity index (χ1v) is 6.37. The lowest BCUT2D eigenvalue weighted by molar-refractivity contribution is -0.356. The van der Waals surface area contributed by atoms with E-state index in [2.05, 4.69) is 0 Å². The van der Waals surface area contributed by atoms with E-state index in [4.69, 9.17) is 9.47 Å². The van der Waals surface area contributed by atoms with Crippen molar-refractivity contribution in [1.29, 1.82) is 0 Å². The summed E-state index contributed by atoms with van der Waals surface area (Å²) in [5.74, 6) is 0.751. The maximum atomic E-state index is 12.5. The van der Waals surface area contributed by atoms with E-state index in [-0.39, 0.29) is 17.2 Å². The standard InChI is InChI=1S/C16H13NO4/c1-20-11-8-6-10(7-9-11)14-16(18)12-4-3-5-13(21-2)15(12)17(14)19/h3-9H,1-2H3. The van der Waals surface area contributed by atoms with Crippen LogP contribution < -0.4 is 9.47 Å². The zero-order valence-electron chi connectivity index (χ0n) is 11.6. The summed E-state index contributed by atoms with van der Waals surface area (Å²) in [5.41, 5.74) is 1.26. The molecule has 21 heavy (non-hydrogen) atoms. The van der Waals surface area contributed by atoms with Crippen molar-refractivity contribution in [1.82, 2.24) is 0 Å². The van der Waals surface area contributed by atoms with Crippen LogP contribution in [0.25, 0.3) is 0 Å². The van der Waals surface area contributed by atoms with Crippen molar-refractivity contribution in [3.8, 4) is 11.5 Å². The number of methoxy groups -OCH3 is 2. The molecular weight excluding hydrogens is 270 g/mol. The summed E-state index contributed by atoms with van der Waals surface area (Å²) < 4.78 is 10.9. The highest BCUT2D eigenvalue weighted by Crippen LogP contribution is 2.36. The molecule has 0 N–H and O–H groups in total. The van der Waals surface area contributed by atoms with E-state index in [1.165, 1.54) is 7.11 Å². The Hall–Kier alpha value is -2.82. The van der Waals surface area contributed by atoms with E-state index in [1.807, 2.05) is 0 Å². The smallest absolute Gasteiger partial charge is 0.273 e. The van der Waals surface area contributed by atoms with Crippen LogP contribution in [0.3, 0.4) is 0 Å². The third kappa shape index (κ3) is 1.94. The van der Waals surface area contributed by atoms with Gasteiger partial charge in [-0.3, -0.25) is 4.79 Å². The first-order valence-electron chi connectivity index (χ1n) is 6.37. The second-order valence-corrected chi connectivity index (χ2v) is 4.56. The van der Waals surface area contributed by atoms with Gasteiger partial charge >= 0.3 is 0 Å². The summed E-state index contributed by atoms with van der Waals surface area (Å²) in [4.78, 5) is 12.5. The molecule has 2 aromatic carbocycles. The highest BCUT2D eigenvalue weighted by Gasteiger charge is 2.38. The molecule has 2 aromatic rings. The fraction of sp³-hybridized carbons (Fsp3) is 0.125. The molecule has 0 saturated heterocycles. The minimum absolute atomic E-state index is 0.0946. The second kappa shape index (κ2) is 4.94. The molecule has 0 amide bonds. The molecule has 5 nitrogen and oxygen atoms in total. The second-order valence-electron chi connectivity index (χ2n) is 4.56. The van der Waals surface area contributed by atoms with E-state index < -0.39 is 0 Å². The first kappa shape index (κ1) is 13.2. The van der Waals surface area contributed by atoms with Crippen molar-refractivity contribution < 1.29 is 19.0 Å². The van der Waals surface area contributed by atoms with E-state index >= 15 is 0 Å². The molecule has 0 unspecified atom stereocenters. The van der Waals surface area contributed by atoms with Gasteiger partial charge in [-0.2, -0.15) is 4.74 Å². The number of carbonyl (C=O) groups is 1. The van der Waals surface area contributed by atoms with Crippen LogP contribution in [-0.2, 0) is 0 Å². The van der Waals surface area contributed by atoms with Crippen molar-refractivity contribution in [2.75, 3.05) is 14.2 Å². The maximum absolute atomic E-state index is 12.5. The quantitative estimate of drug-likeness (QED) is 0.641. The van der Waals surface area contributed by atoms with Crippen LogP contribution in [0, 0.1) is 5.21 Å². The van der Waals surface area contributed by atoms with E-state index in [0.29, 0.717) is 27.4 Å². The number of ether oxygens (including phenoxy) is 2. The predicted octanol–water partition coefficient (Wildman–Crippen LogP) is 2.53. The van der Waals surface area contributed by atoms with Crippen molar-refractivity contribution in [2.45, 2.75) is 0 Å². The van der Waals surface area contributed by atoms with Gasteiger partial charge in [-0.1, -0.05) is 6.07 Å². The highest BCUT2D eigenvalue weighted by atomic mass is 16.5. The molecule has 1 heterocycles. The van der Waals surface area contributed by atoms with Crippen LogP contribution in [0.1, 0.15) is 15.9 Å². The Kier molecular flexibility index (Phi) is 3.10. The van der Waals surface area contributed by atoms with Crippen molar-refractivity contribution >= 4 is 17.2 Å². The fourth-order valence-electron chi connectivity index (χ4n) is 2.41. The molecule has 0 saturated carbocycles. The third-order valence-corrected chi connectivity index (χ3v) is 3.45. The minimum atomic E-state index is -0.302. The van der Waals surface area contributed by atoms with Gasteiger partial charge in [0.05, 0.1) is 19.8 Å². The molecule has 1 aliphatic rings. The number of nitrogens with zero attached hydrogens (tertiary/aromatic N) is 1. The normalized spacial score (nSPS) is 13.3. The lowest BCUT2D eigenvalue weighted by Crippen LogP contribution is -2.16. The van der Waals surface area contributed by atoms with Crippen LogP contribution in [0.2, 0.25) is 0 Å². The van der Waals surface area contributed by atoms with E-state index in [0.717, 1.165) is 0 Å². The molecule has 106 valence electrons. The number of hydrogen-bond donors (Lipinski definition) is 0. The Morgan fingerprint density at radius 3 is 2.33 bits per heavy atom. The monoisotopic (exact) mass is 283 g/mol. The lowest BCUT2D eigenvalue weighted by atomic mass is 10.0. The predicted molar refractivity (Wildman–Crippen MR) is 77.7 cm³/mol. The number of rotatable bonds is 3. The summed E-state index contributed by atoms with van der Waals surface area (Å²) in [7, 11) is 3.03. The van der Waals surface area contributed by atoms with Crippen molar-refractivity contribution in [2.24, 2.45) is 0 Å². The molecule has 0 radical (unpaired) electrons. The number of Topliss-reactive ketones (excluding diaryl/α,β-unsaturated/α-hetero) is 1. The SMILES string of the molecule is COc1ccc(C2=[N+]([O-])c3c(OC)cccc3C2=O)cc1. The van der Waals surface area contributed by atoms with Gasteiger partial charge in [0.15, 0.2) is 5.75 Å². The summed E-state index contributed by atoms with van der Waals surface area (Å²) in [6.07, 6.45) is 0. The molecule has 0 aliphatic carbocycles. The molecule has 3 rings (SSSR count). The number of benzene rings is 2. The number of fused-ring (bicyclic) bond motifs is 1. The minimum Gasteiger partial charge on any atom is -0.618 e. The Morgan fingerprint density at radius 2 is 1.71 bits per heavy atom. The summed E-state index contributed by atoms with van der Waals surface area (Å²) >= 11 is 0. The van der Waals surface area contributed by atoms with Crippen LogP contribution in [0.4, 0.5) is 5.69 Å². The number of para-hydroxylation sites is 1. The van der Waals surface area contributed by atoms with Gasteiger partial charge in [0.1, 0.15) is 11.3 Å². The molecular formula is C16H13NO4. The topological polar surface area (TPSA) is 61.6 Å². The van der Waals surface area contributed by atoms with Gasteiger partial charge in [0.2, 0.25) is 0 Å². The van der Waals surface area contributed by atoms with Crippen molar-refractivity contribution in [3.05, 3.63) is 58.8 Å². The maximum Gasteiger partial charge on any atom is 0.273 e. The van der Waals surface area contributed by atoms with Crippen LogP contribution in [-0.4, -0.2) is 30.5 Å². The average molecular weight is 283 g/mol. The Labute approximate surface area is 121 Å². The van der Waals surface area contributed by atoms with Gasteiger partial charge in [-0.25, -0.2) is 0 Å². The van der Waals surface area contributed by atoms with Crippen molar-refractivity contribution in [3.63, 3.8) is 0 Å². The molecule has 0 spiro atoms. The Bertz CT molecular complexity index is 747. The molecule has 5 heteroatoms. The van der Waals surface area contributed by atoms with Crippen LogP contribution in [0.15, 0.2) is 42.5 Å². The Morgan fingerprint density at radius 1 is 1.00 bits per heavy atom. The van der Waals surface area contributed by atoms with Crippen LogP contribution in [0.5, 0.6) is 11.5 Å². The highest BCUT2D eigenvalue weighted by molar-refractivity contribution is 6.52. The Balaban J connectivity index is 2.15. The molecule has 0 bridgehead atoms. The summed E-state index contributed by atoms with van der Waals surface area (Å²) in [5, 5.41) is 12.5. The van der Waals surface area contributed by atoms with Crippen LogP contribution >= 0.6 is 0 Å². The first-order chi connectivity index (χ1) is 10.2. The molecule has 0 aromatic heterocycles. The molecule has 1 aliphatic heterocycles. The summed E-state index contributed by atoms with van der Waals surface area (Å²) in [6.45, 7) is 0. The van der Waals surface area contributed by atoms with Gasteiger partial charge in [-0.15, -0.1) is 0 Å². The van der Waals surface area contributed by atoms with E-state index in [1.54, 1.807) is 49.6 Å². The third-order valence-electron chi connectivity index (χ3n) is 3.45. The average Bonchev–Trinajstić information content (AvgIpc) is 2.79. The largest absolute Gasteiger partial charge is 0.618 e. The lowest BCUT2D eigenvalue weighted by Gasteiger charge is -2.06. The van der Waals surface area contributed by atoms with E-state index in [9.17, 15) is 10.0 Å². The van der Waals surface area contributed by atoms with Gasteiger partial charge in [0, 0.05) is 0 Å². The summed E-state index contributed by atoms with van der Waals surface area (Å²) in [6, 6.07) is 11.8. The number of hydrogen-bond acceptors (Lipinski definition) is 4. The van der Waals surface area contributed by atoms with Gasteiger partial charge in [0.25, 0.3) is 17.2 Å².